The predicted molar refractivity (Wildman–Crippen MR) is 117 cm³/mol. The van der Waals surface area contributed by atoms with Gasteiger partial charge in [-0.3, -0.25) is 9.52 Å². The maximum atomic E-state index is 12.2. The van der Waals surface area contributed by atoms with Gasteiger partial charge in [0, 0.05) is 26.7 Å². The molecule has 4 rings (SSSR count). The van der Waals surface area contributed by atoms with Crippen LogP contribution in [-0.4, -0.2) is 26.3 Å². The molecular formula is C20H18N4O3S2. The van der Waals surface area contributed by atoms with E-state index >= 15 is 0 Å². The molecule has 0 spiro atoms. The second-order valence-corrected chi connectivity index (χ2v) is 9.47. The molecule has 7 nitrogen and oxygen atoms in total. The molecule has 2 aliphatic rings. The number of hydrazone groups is 1. The minimum atomic E-state index is -3.32. The maximum absolute atomic E-state index is 12.2. The Hall–Kier alpha value is -3.04. The van der Waals surface area contributed by atoms with Crippen molar-refractivity contribution < 1.29 is 13.2 Å². The van der Waals surface area contributed by atoms with Gasteiger partial charge in [-0.25, -0.2) is 13.8 Å². The first kappa shape index (κ1) is 19.3. The first-order valence-electron chi connectivity index (χ1n) is 8.73. The number of hydrogen-bond acceptors (Lipinski definition) is 6. The summed E-state index contributed by atoms with van der Waals surface area (Å²) >= 11 is 1.54. The summed E-state index contributed by atoms with van der Waals surface area (Å²) in [5.74, 6) is -0.235. The lowest BCUT2D eigenvalue weighted by Crippen LogP contribution is -2.18. The van der Waals surface area contributed by atoms with E-state index in [4.69, 9.17) is 0 Å². The van der Waals surface area contributed by atoms with Gasteiger partial charge in [-0.15, -0.1) is 0 Å². The first-order valence-corrected chi connectivity index (χ1v) is 11.4. The lowest BCUT2D eigenvalue weighted by molar-refractivity contribution is -0.116. The van der Waals surface area contributed by atoms with Gasteiger partial charge in [0.2, 0.25) is 10.0 Å². The smallest absolute Gasteiger partial charge is 0.275 e. The molecule has 1 amide bonds. The molecule has 148 valence electrons. The largest absolute Gasteiger partial charge is 0.354 e. The molecule has 3 N–H and O–H groups in total. The number of nitrogens with zero attached hydrogens (tertiary/aromatic N) is 1. The Labute approximate surface area is 173 Å². The van der Waals surface area contributed by atoms with Crippen molar-refractivity contribution in [2.45, 2.75) is 11.8 Å². The Morgan fingerprint density at radius 1 is 1.07 bits per heavy atom. The summed E-state index contributed by atoms with van der Waals surface area (Å²) in [6.07, 6.45) is 3.06. The van der Waals surface area contributed by atoms with Crippen LogP contribution in [0, 0.1) is 0 Å². The SMILES string of the molecule is CC1=NNC(=O)C1=C1C=C(Sc2ccc(NS(C)(=O)=O)cc2)c2ccccc2N1. The highest BCUT2D eigenvalue weighted by molar-refractivity contribution is 8.08. The molecule has 2 aromatic rings. The average molecular weight is 427 g/mol. The Balaban J connectivity index is 1.70. The highest BCUT2D eigenvalue weighted by Gasteiger charge is 2.26. The zero-order valence-electron chi connectivity index (χ0n) is 15.7. The molecule has 0 bridgehead atoms. The molecule has 0 fully saturated rings. The average Bonchev–Trinajstić information content (AvgIpc) is 3.00. The highest BCUT2D eigenvalue weighted by atomic mass is 32.2. The molecular weight excluding hydrogens is 408 g/mol. The van der Waals surface area contributed by atoms with Crippen LogP contribution in [-0.2, 0) is 14.8 Å². The van der Waals surface area contributed by atoms with Crippen LogP contribution in [0.3, 0.4) is 0 Å². The number of anilines is 2. The van der Waals surface area contributed by atoms with Crippen molar-refractivity contribution in [2.75, 3.05) is 16.3 Å². The molecule has 2 aromatic carbocycles. The number of amides is 1. The van der Waals surface area contributed by atoms with Gasteiger partial charge in [0.05, 0.1) is 23.2 Å². The number of carbonyl (C=O) groups excluding carboxylic acids is 1. The molecule has 0 aliphatic carbocycles. The molecule has 2 heterocycles. The lowest BCUT2D eigenvalue weighted by Gasteiger charge is -2.22. The van der Waals surface area contributed by atoms with E-state index in [1.807, 2.05) is 42.5 Å². The monoisotopic (exact) mass is 426 g/mol. The van der Waals surface area contributed by atoms with Crippen LogP contribution in [0.1, 0.15) is 12.5 Å². The minimum absolute atomic E-state index is 0.235. The molecule has 0 radical (unpaired) electrons. The van der Waals surface area contributed by atoms with Crippen LogP contribution in [0.25, 0.3) is 4.91 Å². The van der Waals surface area contributed by atoms with E-state index < -0.39 is 10.0 Å². The first-order chi connectivity index (χ1) is 13.8. The van der Waals surface area contributed by atoms with Crippen molar-refractivity contribution in [3.63, 3.8) is 0 Å². The van der Waals surface area contributed by atoms with Gasteiger partial charge < -0.3 is 5.32 Å². The number of hydrogen-bond donors (Lipinski definition) is 3. The van der Waals surface area contributed by atoms with E-state index in [0.717, 1.165) is 27.3 Å². The fourth-order valence-electron chi connectivity index (χ4n) is 3.08. The number of carbonyl (C=O) groups is 1. The van der Waals surface area contributed by atoms with Gasteiger partial charge in [-0.05, 0) is 43.3 Å². The summed E-state index contributed by atoms with van der Waals surface area (Å²) in [7, 11) is -3.32. The normalized spacial score (nSPS) is 18.3. The number of sulfonamides is 1. The third-order valence-electron chi connectivity index (χ3n) is 4.31. The fraction of sp³-hybridized carbons (Fsp3) is 0.100. The number of thioether (sulfide) groups is 1. The Kier molecular flexibility index (Phi) is 4.93. The van der Waals surface area contributed by atoms with Crippen LogP contribution in [0.4, 0.5) is 11.4 Å². The highest BCUT2D eigenvalue weighted by Crippen LogP contribution is 2.42. The van der Waals surface area contributed by atoms with E-state index in [1.165, 1.54) is 11.8 Å². The van der Waals surface area contributed by atoms with Gasteiger partial charge in [0.15, 0.2) is 0 Å². The van der Waals surface area contributed by atoms with E-state index in [2.05, 4.69) is 20.6 Å². The number of para-hydroxylation sites is 1. The van der Waals surface area contributed by atoms with Crippen LogP contribution in [0.5, 0.6) is 0 Å². The van der Waals surface area contributed by atoms with Crippen LogP contribution >= 0.6 is 11.8 Å². The standard InChI is InChI=1S/C20H18N4O3S2/c1-12-19(20(25)23-22-12)17-11-18(15-5-3-4-6-16(15)21-17)28-14-9-7-13(8-10-14)24-29(2,26)27/h3-11,21,24H,1-2H3,(H,23,25). The lowest BCUT2D eigenvalue weighted by atomic mass is 10.0. The summed E-state index contributed by atoms with van der Waals surface area (Å²) in [4.78, 5) is 14.1. The topological polar surface area (TPSA) is 99.7 Å². The van der Waals surface area contributed by atoms with Crippen molar-refractivity contribution >= 4 is 49.7 Å². The zero-order chi connectivity index (χ0) is 20.6. The molecule has 9 heteroatoms. The molecule has 0 saturated heterocycles. The van der Waals surface area contributed by atoms with Crippen molar-refractivity contribution in [1.82, 2.24) is 5.43 Å². The fourth-order valence-corrected chi connectivity index (χ4v) is 4.63. The molecule has 0 atom stereocenters. The van der Waals surface area contributed by atoms with Gasteiger partial charge in [-0.1, -0.05) is 30.0 Å². The molecule has 0 saturated carbocycles. The van der Waals surface area contributed by atoms with E-state index in [0.29, 0.717) is 22.7 Å². The van der Waals surface area contributed by atoms with Gasteiger partial charge in [-0.2, -0.15) is 5.10 Å². The van der Waals surface area contributed by atoms with E-state index in [-0.39, 0.29) is 5.91 Å². The van der Waals surface area contributed by atoms with Crippen molar-refractivity contribution in [2.24, 2.45) is 5.10 Å². The predicted octanol–water partition coefficient (Wildman–Crippen LogP) is 3.38. The number of rotatable bonds is 4. The summed E-state index contributed by atoms with van der Waals surface area (Å²) in [5.41, 5.74) is 6.77. The third kappa shape index (κ3) is 4.20. The number of benzene rings is 2. The van der Waals surface area contributed by atoms with Gasteiger partial charge in [0.25, 0.3) is 5.91 Å². The minimum Gasteiger partial charge on any atom is -0.354 e. The number of allylic oxidation sites excluding steroid dienone is 1. The van der Waals surface area contributed by atoms with E-state index in [1.54, 1.807) is 19.1 Å². The second kappa shape index (κ2) is 7.41. The molecule has 29 heavy (non-hydrogen) atoms. The van der Waals surface area contributed by atoms with Crippen LogP contribution in [0.15, 0.2) is 75.9 Å². The van der Waals surface area contributed by atoms with Crippen molar-refractivity contribution in [3.8, 4) is 0 Å². The van der Waals surface area contributed by atoms with Crippen LogP contribution < -0.4 is 15.5 Å². The van der Waals surface area contributed by atoms with Crippen molar-refractivity contribution in [3.05, 3.63) is 71.4 Å². The number of fused-ring (bicyclic) bond motifs is 1. The van der Waals surface area contributed by atoms with Gasteiger partial charge in [0.1, 0.15) is 0 Å². The summed E-state index contributed by atoms with van der Waals surface area (Å²) in [6, 6.07) is 15.0. The van der Waals surface area contributed by atoms with Crippen molar-refractivity contribution in [1.29, 1.82) is 0 Å². The Morgan fingerprint density at radius 3 is 2.45 bits per heavy atom. The summed E-state index contributed by atoms with van der Waals surface area (Å²) in [5, 5.41) is 7.33. The third-order valence-corrected chi connectivity index (χ3v) is 5.98. The maximum Gasteiger partial charge on any atom is 0.275 e. The zero-order valence-corrected chi connectivity index (χ0v) is 17.3. The number of nitrogens with one attached hydrogen (secondary N) is 3. The Bertz CT molecular complexity index is 1200. The summed E-state index contributed by atoms with van der Waals surface area (Å²) in [6.45, 7) is 1.79. The Morgan fingerprint density at radius 2 is 1.79 bits per heavy atom. The molecule has 2 aliphatic heterocycles. The van der Waals surface area contributed by atoms with Crippen LogP contribution in [0.2, 0.25) is 0 Å². The quantitative estimate of drug-likeness (QED) is 0.651. The summed E-state index contributed by atoms with van der Waals surface area (Å²) < 4.78 is 25.2. The van der Waals surface area contributed by atoms with E-state index in [9.17, 15) is 13.2 Å². The molecule has 0 unspecified atom stereocenters. The van der Waals surface area contributed by atoms with Gasteiger partial charge >= 0.3 is 0 Å². The molecule has 0 aromatic heterocycles. The second-order valence-electron chi connectivity index (χ2n) is 6.61.